The molecule has 0 bridgehead atoms. The van der Waals surface area contributed by atoms with E-state index in [0.29, 0.717) is 18.7 Å². The van der Waals surface area contributed by atoms with Crippen molar-refractivity contribution in [2.24, 2.45) is 0 Å². The number of carbonyl (C=O) groups is 1. The van der Waals surface area contributed by atoms with Crippen LogP contribution in [0.1, 0.15) is 74.5 Å². The molecule has 2 aromatic carbocycles. The fourth-order valence-corrected chi connectivity index (χ4v) is 5.25. The van der Waals surface area contributed by atoms with E-state index in [4.69, 9.17) is 0 Å². The van der Waals surface area contributed by atoms with E-state index in [0.717, 1.165) is 24.8 Å². The number of sulfonamides is 1. The molecule has 1 unspecified atom stereocenters. The second-order valence-corrected chi connectivity index (χ2v) is 11.0. The third kappa shape index (κ3) is 5.10. The van der Waals surface area contributed by atoms with E-state index in [9.17, 15) is 13.2 Å². The topological polar surface area (TPSA) is 66.5 Å². The van der Waals surface area contributed by atoms with Gasteiger partial charge in [0.15, 0.2) is 0 Å². The van der Waals surface area contributed by atoms with Crippen molar-refractivity contribution in [2.45, 2.75) is 63.3 Å². The summed E-state index contributed by atoms with van der Waals surface area (Å²) in [6.07, 6.45) is 2.82. The Labute approximate surface area is 180 Å². The molecule has 0 radical (unpaired) electrons. The van der Waals surface area contributed by atoms with Gasteiger partial charge in [-0.15, -0.1) is 0 Å². The minimum atomic E-state index is -3.56. The minimum absolute atomic E-state index is 0.0747. The van der Waals surface area contributed by atoms with Gasteiger partial charge in [0, 0.05) is 18.7 Å². The zero-order valence-corrected chi connectivity index (χ0v) is 19.1. The van der Waals surface area contributed by atoms with E-state index < -0.39 is 10.0 Å². The van der Waals surface area contributed by atoms with Crippen molar-refractivity contribution >= 4 is 15.9 Å². The van der Waals surface area contributed by atoms with Gasteiger partial charge in [-0.2, -0.15) is 4.31 Å². The van der Waals surface area contributed by atoms with Crippen molar-refractivity contribution in [1.29, 1.82) is 0 Å². The Morgan fingerprint density at radius 2 is 1.63 bits per heavy atom. The Morgan fingerprint density at radius 1 is 1.00 bits per heavy atom. The summed E-state index contributed by atoms with van der Waals surface area (Å²) in [5, 5.41) is 2.98. The van der Waals surface area contributed by atoms with Crippen molar-refractivity contribution in [3.63, 3.8) is 0 Å². The molecular weight excluding hydrogens is 396 g/mol. The number of amides is 1. The van der Waals surface area contributed by atoms with Crippen molar-refractivity contribution in [3.05, 3.63) is 65.2 Å². The van der Waals surface area contributed by atoms with Gasteiger partial charge in [-0.05, 0) is 54.5 Å². The molecule has 1 fully saturated rings. The molecule has 1 N–H and O–H groups in total. The summed E-state index contributed by atoms with van der Waals surface area (Å²) in [6.45, 7) is 9.51. The van der Waals surface area contributed by atoms with Crippen LogP contribution >= 0.6 is 0 Å². The third-order valence-corrected chi connectivity index (χ3v) is 7.57. The summed E-state index contributed by atoms with van der Waals surface area (Å²) in [7, 11) is -3.56. The van der Waals surface area contributed by atoms with Gasteiger partial charge in [0.2, 0.25) is 10.0 Å². The highest BCUT2D eigenvalue weighted by atomic mass is 32.2. The summed E-state index contributed by atoms with van der Waals surface area (Å²) in [5.41, 5.74) is 2.67. The van der Waals surface area contributed by atoms with E-state index in [1.807, 2.05) is 19.1 Å². The molecule has 1 saturated heterocycles. The molecular formula is C24H32N2O3S. The smallest absolute Gasteiger partial charge is 0.251 e. The van der Waals surface area contributed by atoms with Crippen LogP contribution in [0.4, 0.5) is 0 Å². The van der Waals surface area contributed by atoms with E-state index >= 15 is 0 Å². The normalized spacial score (nSPS) is 16.8. The predicted octanol–water partition coefficient (Wildman–Crippen LogP) is 4.65. The summed E-state index contributed by atoms with van der Waals surface area (Å²) in [6, 6.07) is 14.4. The Kier molecular flexibility index (Phi) is 6.68. The van der Waals surface area contributed by atoms with Crippen molar-refractivity contribution in [2.75, 3.05) is 13.1 Å². The molecule has 162 valence electrons. The lowest BCUT2D eigenvalue weighted by molar-refractivity contribution is 0.0939. The Morgan fingerprint density at radius 3 is 2.23 bits per heavy atom. The number of hydrogen-bond donors (Lipinski definition) is 1. The SMILES string of the molecule is CC(NC(=O)c1cccc(S(=O)(=O)N2CCCCC2)c1)c1ccc(C(C)(C)C)cc1. The number of piperidine rings is 1. The molecule has 30 heavy (non-hydrogen) atoms. The largest absolute Gasteiger partial charge is 0.346 e. The lowest BCUT2D eigenvalue weighted by atomic mass is 9.86. The van der Waals surface area contributed by atoms with E-state index in [1.165, 1.54) is 15.9 Å². The maximum atomic E-state index is 12.9. The minimum Gasteiger partial charge on any atom is -0.346 e. The predicted molar refractivity (Wildman–Crippen MR) is 120 cm³/mol. The molecule has 6 heteroatoms. The van der Waals surface area contributed by atoms with Gasteiger partial charge in [-0.1, -0.05) is 57.5 Å². The Bertz CT molecular complexity index is 986. The lowest BCUT2D eigenvalue weighted by Crippen LogP contribution is -2.35. The number of benzene rings is 2. The molecule has 1 aliphatic heterocycles. The van der Waals surface area contributed by atoms with E-state index in [-0.39, 0.29) is 22.3 Å². The number of nitrogens with zero attached hydrogens (tertiary/aromatic N) is 1. The van der Waals surface area contributed by atoms with Gasteiger partial charge >= 0.3 is 0 Å². The van der Waals surface area contributed by atoms with Crippen LogP contribution in [0.2, 0.25) is 0 Å². The average Bonchev–Trinajstić information content (AvgIpc) is 2.74. The molecule has 1 atom stereocenters. The summed E-state index contributed by atoms with van der Waals surface area (Å²) >= 11 is 0. The zero-order valence-electron chi connectivity index (χ0n) is 18.3. The summed E-state index contributed by atoms with van der Waals surface area (Å²) < 4.78 is 27.3. The van der Waals surface area contributed by atoms with Crippen LogP contribution in [0.15, 0.2) is 53.4 Å². The second kappa shape index (κ2) is 8.90. The first-order chi connectivity index (χ1) is 14.1. The summed E-state index contributed by atoms with van der Waals surface area (Å²) in [4.78, 5) is 13.0. The van der Waals surface area contributed by atoms with Gasteiger partial charge in [0.25, 0.3) is 5.91 Å². The second-order valence-electron chi connectivity index (χ2n) is 9.06. The van der Waals surface area contributed by atoms with E-state index in [1.54, 1.807) is 18.2 Å². The van der Waals surface area contributed by atoms with Crippen molar-refractivity contribution in [1.82, 2.24) is 9.62 Å². The van der Waals surface area contributed by atoms with Crippen LogP contribution in [0.25, 0.3) is 0 Å². The number of rotatable bonds is 5. The maximum Gasteiger partial charge on any atom is 0.251 e. The number of carbonyl (C=O) groups excluding carboxylic acids is 1. The molecule has 5 nitrogen and oxygen atoms in total. The molecule has 0 saturated carbocycles. The van der Waals surface area contributed by atoms with Crippen molar-refractivity contribution < 1.29 is 13.2 Å². The molecule has 2 aromatic rings. The molecule has 1 amide bonds. The van der Waals surface area contributed by atoms with Gasteiger partial charge in [-0.25, -0.2) is 8.42 Å². The standard InChI is InChI=1S/C24H32N2O3S/c1-18(19-11-13-21(14-12-19)24(2,3)4)25-23(27)20-9-8-10-22(17-20)30(28,29)26-15-6-5-7-16-26/h8-14,17-18H,5-7,15-16H2,1-4H3,(H,25,27). The monoisotopic (exact) mass is 428 g/mol. The van der Waals surface area contributed by atoms with Gasteiger partial charge in [-0.3, -0.25) is 4.79 Å². The zero-order chi connectivity index (χ0) is 21.9. The highest BCUT2D eigenvalue weighted by Crippen LogP contribution is 2.25. The van der Waals surface area contributed by atoms with Crippen LogP contribution in [0, 0.1) is 0 Å². The average molecular weight is 429 g/mol. The number of hydrogen-bond acceptors (Lipinski definition) is 3. The highest BCUT2D eigenvalue weighted by Gasteiger charge is 2.26. The van der Waals surface area contributed by atoms with E-state index in [2.05, 4.69) is 38.2 Å². The van der Waals surface area contributed by atoms with Crippen LogP contribution < -0.4 is 5.32 Å². The van der Waals surface area contributed by atoms with Crippen LogP contribution in [0.5, 0.6) is 0 Å². The molecule has 1 aliphatic rings. The first kappa shape index (κ1) is 22.5. The van der Waals surface area contributed by atoms with Crippen LogP contribution in [0.3, 0.4) is 0 Å². The van der Waals surface area contributed by atoms with Gasteiger partial charge in [0.05, 0.1) is 10.9 Å². The summed E-state index contributed by atoms with van der Waals surface area (Å²) in [5.74, 6) is -0.280. The van der Waals surface area contributed by atoms with Gasteiger partial charge in [0.1, 0.15) is 0 Å². The highest BCUT2D eigenvalue weighted by molar-refractivity contribution is 7.89. The number of nitrogens with one attached hydrogen (secondary N) is 1. The Hall–Kier alpha value is -2.18. The van der Waals surface area contributed by atoms with Crippen LogP contribution in [-0.4, -0.2) is 31.7 Å². The van der Waals surface area contributed by atoms with Gasteiger partial charge < -0.3 is 5.32 Å². The molecule has 1 heterocycles. The maximum absolute atomic E-state index is 12.9. The first-order valence-corrected chi connectivity index (χ1v) is 12.0. The first-order valence-electron chi connectivity index (χ1n) is 10.6. The Balaban J connectivity index is 1.73. The fourth-order valence-electron chi connectivity index (χ4n) is 3.69. The van der Waals surface area contributed by atoms with Crippen molar-refractivity contribution in [3.8, 4) is 0 Å². The molecule has 0 aromatic heterocycles. The third-order valence-electron chi connectivity index (χ3n) is 5.67. The molecule has 3 rings (SSSR count). The van der Waals surface area contributed by atoms with Crippen LogP contribution in [-0.2, 0) is 15.4 Å². The fraction of sp³-hybridized carbons (Fsp3) is 0.458. The lowest BCUT2D eigenvalue weighted by Gasteiger charge is -2.26. The molecule has 0 spiro atoms. The quantitative estimate of drug-likeness (QED) is 0.754. The molecule has 0 aliphatic carbocycles.